The summed E-state index contributed by atoms with van der Waals surface area (Å²) in [5, 5.41) is 0. The van der Waals surface area contributed by atoms with Crippen molar-refractivity contribution in [3.05, 3.63) is 52.8 Å². The van der Waals surface area contributed by atoms with Crippen molar-refractivity contribution in [1.82, 2.24) is 0 Å². The molecule has 112 valence electrons. The quantitative estimate of drug-likeness (QED) is 0.836. The van der Waals surface area contributed by atoms with Gasteiger partial charge < -0.3 is 5.73 Å². The van der Waals surface area contributed by atoms with Crippen molar-refractivity contribution >= 4 is 37.3 Å². The maximum absolute atomic E-state index is 13.9. The number of rotatable bonds is 4. The molecule has 2 aromatic rings. The molecule has 0 saturated heterocycles. The van der Waals surface area contributed by atoms with Crippen LogP contribution >= 0.6 is 15.9 Å². The molecule has 0 aliphatic carbocycles. The highest BCUT2D eigenvalue weighted by molar-refractivity contribution is 9.10. The van der Waals surface area contributed by atoms with Crippen LogP contribution in [0.15, 0.2) is 51.8 Å². The van der Waals surface area contributed by atoms with Crippen LogP contribution in [0.1, 0.15) is 6.92 Å². The van der Waals surface area contributed by atoms with E-state index in [1.807, 2.05) is 0 Å². The lowest BCUT2D eigenvalue weighted by Gasteiger charge is -2.24. The topological polar surface area (TPSA) is 63.4 Å². The molecule has 0 aliphatic rings. The summed E-state index contributed by atoms with van der Waals surface area (Å²) in [5.41, 5.74) is 5.90. The Morgan fingerprint density at radius 3 is 2.48 bits per heavy atom. The van der Waals surface area contributed by atoms with E-state index in [0.717, 1.165) is 4.31 Å². The van der Waals surface area contributed by atoms with Crippen molar-refractivity contribution in [2.75, 3.05) is 16.6 Å². The zero-order chi connectivity index (χ0) is 15.6. The normalized spacial score (nSPS) is 11.4. The molecule has 2 aromatic carbocycles. The van der Waals surface area contributed by atoms with Gasteiger partial charge in [0.2, 0.25) is 0 Å². The molecular formula is C14H14BrFN2O2S. The second-order valence-electron chi connectivity index (χ2n) is 4.30. The maximum atomic E-state index is 13.9. The van der Waals surface area contributed by atoms with Gasteiger partial charge in [-0.25, -0.2) is 12.8 Å². The summed E-state index contributed by atoms with van der Waals surface area (Å²) in [6.45, 7) is 1.73. The van der Waals surface area contributed by atoms with Crippen LogP contribution in [0, 0.1) is 5.82 Å². The molecule has 0 atom stereocenters. The molecule has 0 aromatic heterocycles. The van der Waals surface area contributed by atoms with E-state index in [-0.39, 0.29) is 22.8 Å². The molecule has 0 bridgehead atoms. The minimum Gasteiger partial charge on any atom is -0.398 e. The number of nitrogen functional groups attached to an aromatic ring is 1. The largest absolute Gasteiger partial charge is 0.398 e. The molecule has 0 amide bonds. The van der Waals surface area contributed by atoms with Crippen LogP contribution in [0.4, 0.5) is 15.8 Å². The number of nitrogens with zero attached hydrogens (tertiary/aromatic N) is 1. The number of benzene rings is 2. The second kappa shape index (κ2) is 6.03. The lowest BCUT2D eigenvalue weighted by Crippen LogP contribution is -2.32. The first-order chi connectivity index (χ1) is 9.87. The Morgan fingerprint density at radius 1 is 1.24 bits per heavy atom. The average Bonchev–Trinajstić information content (AvgIpc) is 2.41. The third-order valence-electron chi connectivity index (χ3n) is 2.95. The van der Waals surface area contributed by atoms with Crippen LogP contribution in [0.2, 0.25) is 0 Å². The molecule has 0 spiro atoms. The Bertz CT molecular complexity index is 765. The van der Waals surface area contributed by atoms with Crippen LogP contribution in [0.25, 0.3) is 0 Å². The first-order valence-electron chi connectivity index (χ1n) is 6.20. The Balaban J connectivity index is 2.58. The summed E-state index contributed by atoms with van der Waals surface area (Å²) in [5.74, 6) is -0.599. The molecular weight excluding hydrogens is 359 g/mol. The molecule has 0 unspecified atom stereocenters. The van der Waals surface area contributed by atoms with Crippen molar-refractivity contribution in [1.29, 1.82) is 0 Å². The first-order valence-corrected chi connectivity index (χ1v) is 8.43. The lowest BCUT2D eigenvalue weighted by atomic mass is 10.3. The number of sulfonamides is 1. The number of para-hydroxylation sites is 1. The Morgan fingerprint density at radius 2 is 1.90 bits per heavy atom. The van der Waals surface area contributed by atoms with Crippen LogP contribution in [-0.2, 0) is 10.0 Å². The van der Waals surface area contributed by atoms with Gasteiger partial charge in [0.25, 0.3) is 10.0 Å². The summed E-state index contributed by atoms with van der Waals surface area (Å²) in [6.07, 6.45) is 0. The highest BCUT2D eigenvalue weighted by Gasteiger charge is 2.27. The highest BCUT2D eigenvalue weighted by Crippen LogP contribution is 2.30. The summed E-state index contributed by atoms with van der Waals surface area (Å²) in [7, 11) is -3.93. The van der Waals surface area contributed by atoms with Crippen molar-refractivity contribution in [2.24, 2.45) is 0 Å². The van der Waals surface area contributed by atoms with E-state index in [1.165, 1.54) is 30.3 Å². The fourth-order valence-electron chi connectivity index (χ4n) is 2.00. The van der Waals surface area contributed by atoms with Gasteiger partial charge in [0, 0.05) is 11.0 Å². The van der Waals surface area contributed by atoms with Gasteiger partial charge in [0.05, 0.1) is 11.4 Å². The van der Waals surface area contributed by atoms with Gasteiger partial charge in [-0.15, -0.1) is 0 Å². The van der Waals surface area contributed by atoms with Crippen LogP contribution in [0.5, 0.6) is 0 Å². The van der Waals surface area contributed by atoms with Gasteiger partial charge in [0.15, 0.2) is 0 Å². The van der Waals surface area contributed by atoms with E-state index < -0.39 is 15.8 Å². The monoisotopic (exact) mass is 372 g/mol. The number of halogens is 2. The second-order valence-corrected chi connectivity index (χ2v) is 7.05. The highest BCUT2D eigenvalue weighted by atomic mass is 79.9. The van der Waals surface area contributed by atoms with Gasteiger partial charge in [-0.05, 0) is 37.3 Å². The summed E-state index contributed by atoms with van der Waals surface area (Å²) < 4.78 is 41.0. The number of hydrogen-bond donors (Lipinski definition) is 1. The summed E-state index contributed by atoms with van der Waals surface area (Å²) >= 11 is 3.23. The molecule has 0 heterocycles. The van der Waals surface area contributed by atoms with E-state index in [9.17, 15) is 12.8 Å². The smallest absolute Gasteiger partial charge is 0.266 e. The average molecular weight is 373 g/mol. The van der Waals surface area contributed by atoms with Gasteiger partial charge in [0.1, 0.15) is 10.7 Å². The predicted molar refractivity (Wildman–Crippen MR) is 85.2 cm³/mol. The lowest BCUT2D eigenvalue weighted by molar-refractivity contribution is 0.587. The van der Waals surface area contributed by atoms with Gasteiger partial charge >= 0.3 is 0 Å². The molecule has 0 aliphatic heterocycles. The van der Waals surface area contributed by atoms with Crippen LogP contribution in [-0.4, -0.2) is 15.0 Å². The molecule has 0 radical (unpaired) electrons. The fraction of sp³-hybridized carbons (Fsp3) is 0.143. The fourth-order valence-corrected chi connectivity index (χ4v) is 3.96. The van der Waals surface area contributed by atoms with E-state index in [0.29, 0.717) is 4.47 Å². The minimum absolute atomic E-state index is 0.00215. The van der Waals surface area contributed by atoms with Gasteiger partial charge in [-0.3, -0.25) is 4.31 Å². The zero-order valence-electron chi connectivity index (χ0n) is 11.3. The predicted octanol–water partition coefficient (Wildman–Crippen LogP) is 3.39. The molecule has 7 heteroatoms. The molecule has 4 nitrogen and oxygen atoms in total. The molecule has 2 N–H and O–H groups in total. The zero-order valence-corrected chi connectivity index (χ0v) is 13.7. The minimum atomic E-state index is -3.93. The third-order valence-corrected chi connectivity index (χ3v) is 5.40. The van der Waals surface area contributed by atoms with Crippen molar-refractivity contribution in [3.8, 4) is 0 Å². The van der Waals surface area contributed by atoms with E-state index in [4.69, 9.17) is 5.73 Å². The number of nitrogens with two attached hydrogens (primary N) is 1. The van der Waals surface area contributed by atoms with Crippen LogP contribution < -0.4 is 10.0 Å². The van der Waals surface area contributed by atoms with E-state index in [1.54, 1.807) is 19.1 Å². The standard InChI is InChI=1S/C14H14BrFN2O2S/c1-2-18(13-6-4-3-5-11(13)16)21(19,20)14-8-7-10(15)9-12(14)17/h3-9H,2,17H2,1H3. The first kappa shape index (κ1) is 15.8. The van der Waals surface area contributed by atoms with Gasteiger partial charge in [-0.2, -0.15) is 0 Å². The Kier molecular flexibility index (Phi) is 4.53. The maximum Gasteiger partial charge on any atom is 0.266 e. The van der Waals surface area contributed by atoms with E-state index in [2.05, 4.69) is 15.9 Å². The number of anilines is 2. The molecule has 0 fully saturated rings. The van der Waals surface area contributed by atoms with Crippen molar-refractivity contribution < 1.29 is 12.8 Å². The van der Waals surface area contributed by atoms with Gasteiger partial charge in [-0.1, -0.05) is 28.1 Å². The summed E-state index contributed by atoms with van der Waals surface area (Å²) in [4.78, 5) is -0.0456. The van der Waals surface area contributed by atoms with E-state index >= 15 is 0 Å². The van der Waals surface area contributed by atoms with Crippen LogP contribution in [0.3, 0.4) is 0 Å². The molecule has 0 saturated carbocycles. The van der Waals surface area contributed by atoms with Crippen molar-refractivity contribution in [2.45, 2.75) is 11.8 Å². The summed E-state index contributed by atoms with van der Waals surface area (Å²) in [6, 6.07) is 10.2. The SMILES string of the molecule is CCN(c1ccccc1F)S(=O)(=O)c1ccc(Br)cc1N. The Hall–Kier alpha value is -1.60. The molecule has 21 heavy (non-hydrogen) atoms. The number of hydrogen-bond acceptors (Lipinski definition) is 3. The third kappa shape index (κ3) is 3.03. The molecule has 2 rings (SSSR count). The van der Waals surface area contributed by atoms with Crippen molar-refractivity contribution in [3.63, 3.8) is 0 Å². The Labute approximate surface area is 131 Å².